The number of hydrogen-bond donors (Lipinski definition) is 0. The van der Waals surface area contributed by atoms with Crippen molar-refractivity contribution in [3.8, 4) is 0 Å². The largest absolute Gasteiger partial charge is 0.242 e. The van der Waals surface area contributed by atoms with Gasteiger partial charge in [0.1, 0.15) is 11.0 Å². The Kier molecular flexibility index (Phi) is 7.78. The highest BCUT2D eigenvalue weighted by Crippen LogP contribution is 2.39. The van der Waals surface area contributed by atoms with E-state index < -0.39 is 18.9 Å². The molecule has 1 unspecified atom stereocenters. The smallest absolute Gasteiger partial charge is 0.100 e. The zero-order valence-corrected chi connectivity index (χ0v) is 22.0. The van der Waals surface area contributed by atoms with Crippen LogP contribution in [-0.4, -0.2) is 20.3 Å². The fraction of sp³-hybridized carbons (Fsp3) is 0.200. The second-order valence-corrected chi connectivity index (χ2v) is 13.8. The van der Waals surface area contributed by atoms with Gasteiger partial charge in [-0.15, -0.1) is 0 Å². The molecule has 2 nitrogen and oxygen atoms in total. The molecule has 0 heterocycles. The van der Waals surface area contributed by atoms with Crippen molar-refractivity contribution in [1.82, 2.24) is 4.31 Å². The number of benzene rings is 4. The fourth-order valence-electron chi connectivity index (χ4n) is 4.25. The van der Waals surface area contributed by atoms with E-state index in [0.29, 0.717) is 0 Å². The maximum atomic E-state index is 13.6. The maximum absolute atomic E-state index is 13.6. The molecule has 0 amide bonds. The van der Waals surface area contributed by atoms with Crippen LogP contribution < -0.4 is 15.9 Å². The van der Waals surface area contributed by atoms with Crippen LogP contribution in [0.15, 0.2) is 115 Å². The topological polar surface area (TPSA) is 20.3 Å². The van der Waals surface area contributed by atoms with Crippen LogP contribution in [0.3, 0.4) is 0 Å². The molecular formula is C30H32NOPS. The zero-order valence-electron chi connectivity index (χ0n) is 20.3. The molecular weight excluding hydrogens is 453 g/mol. The first-order chi connectivity index (χ1) is 16.4. The molecule has 0 spiro atoms. The lowest BCUT2D eigenvalue weighted by molar-refractivity contribution is 0.441. The van der Waals surface area contributed by atoms with E-state index in [0.717, 1.165) is 5.56 Å². The van der Waals surface area contributed by atoms with Crippen LogP contribution in [0.1, 0.15) is 37.9 Å². The van der Waals surface area contributed by atoms with Gasteiger partial charge < -0.3 is 0 Å². The number of nitrogens with zero attached hydrogens (tertiary/aromatic N) is 1. The molecule has 0 aliphatic rings. The number of hydrogen-bond acceptors (Lipinski definition) is 1. The van der Waals surface area contributed by atoms with Crippen molar-refractivity contribution in [3.05, 3.63) is 126 Å². The highest BCUT2D eigenvalue weighted by molar-refractivity contribution is 7.84. The molecule has 174 valence electrons. The standard InChI is InChI=1S/C30H32NOPS/c1-30(2,3)34(32)31(4)29(24-16-8-5-9-17-24)27-22-14-15-23-28(27)33(25-18-10-6-11-19-25)26-20-12-7-13-21-26/h5-23,29H,1-4H3/t29?,34-/m1/s1. The summed E-state index contributed by atoms with van der Waals surface area (Å²) in [7, 11) is 0.0188. The van der Waals surface area contributed by atoms with Gasteiger partial charge in [-0.05, 0) is 55.7 Å². The van der Waals surface area contributed by atoms with Crippen LogP contribution in [0.25, 0.3) is 0 Å². The fourth-order valence-corrected chi connectivity index (χ4v) is 8.03. The molecule has 0 aliphatic carbocycles. The Morgan fingerprint density at radius 3 is 1.62 bits per heavy atom. The molecule has 0 aliphatic heterocycles. The Morgan fingerprint density at radius 2 is 1.12 bits per heavy atom. The highest BCUT2D eigenvalue weighted by atomic mass is 32.2. The van der Waals surface area contributed by atoms with Crippen LogP contribution in [0.5, 0.6) is 0 Å². The van der Waals surface area contributed by atoms with Gasteiger partial charge >= 0.3 is 0 Å². The molecule has 0 N–H and O–H groups in total. The van der Waals surface area contributed by atoms with Gasteiger partial charge in [-0.3, -0.25) is 0 Å². The van der Waals surface area contributed by atoms with Crippen molar-refractivity contribution in [3.63, 3.8) is 0 Å². The minimum Gasteiger partial charge on any atom is -0.242 e. The van der Waals surface area contributed by atoms with Gasteiger partial charge in [0, 0.05) is 7.05 Å². The predicted molar refractivity (Wildman–Crippen MR) is 149 cm³/mol. The third kappa shape index (κ3) is 5.39. The van der Waals surface area contributed by atoms with Crippen molar-refractivity contribution in [2.45, 2.75) is 31.6 Å². The zero-order chi connectivity index (χ0) is 24.1. The quantitative estimate of drug-likeness (QED) is 0.297. The Balaban J connectivity index is 1.94. The summed E-state index contributed by atoms with van der Waals surface area (Å²) in [4.78, 5) is 0. The van der Waals surface area contributed by atoms with Gasteiger partial charge in [0.25, 0.3) is 0 Å². The highest BCUT2D eigenvalue weighted by Gasteiger charge is 2.33. The molecule has 34 heavy (non-hydrogen) atoms. The van der Waals surface area contributed by atoms with Crippen molar-refractivity contribution >= 4 is 34.8 Å². The number of rotatable bonds is 7. The van der Waals surface area contributed by atoms with Crippen LogP contribution in [-0.2, 0) is 11.0 Å². The van der Waals surface area contributed by atoms with Crippen LogP contribution in [0.2, 0.25) is 0 Å². The predicted octanol–water partition coefficient (Wildman–Crippen LogP) is 5.93. The molecule has 4 heteroatoms. The van der Waals surface area contributed by atoms with Crippen molar-refractivity contribution in [2.75, 3.05) is 7.05 Å². The minimum atomic E-state index is -1.18. The lowest BCUT2D eigenvalue weighted by Crippen LogP contribution is -2.39. The summed E-state index contributed by atoms with van der Waals surface area (Å²) in [6.07, 6.45) is 0. The Hall–Kier alpha value is -2.58. The Bertz CT molecular complexity index is 1180. The van der Waals surface area contributed by atoms with E-state index >= 15 is 0 Å². The molecule has 0 radical (unpaired) electrons. The van der Waals surface area contributed by atoms with Gasteiger partial charge in [-0.2, -0.15) is 0 Å². The second kappa shape index (κ2) is 10.8. The van der Waals surface area contributed by atoms with Gasteiger partial charge in [0.15, 0.2) is 0 Å². The van der Waals surface area contributed by atoms with E-state index in [9.17, 15) is 4.21 Å². The monoisotopic (exact) mass is 485 g/mol. The van der Waals surface area contributed by atoms with E-state index in [1.165, 1.54) is 21.5 Å². The second-order valence-electron chi connectivity index (χ2n) is 9.29. The Labute approximate surface area is 208 Å². The van der Waals surface area contributed by atoms with E-state index in [-0.39, 0.29) is 10.8 Å². The summed E-state index contributed by atoms with van der Waals surface area (Å²) < 4.78 is 15.3. The van der Waals surface area contributed by atoms with Gasteiger partial charge in [-0.25, -0.2) is 8.51 Å². The lowest BCUT2D eigenvalue weighted by Gasteiger charge is -2.35. The molecule has 4 aromatic carbocycles. The maximum Gasteiger partial charge on any atom is 0.100 e. The van der Waals surface area contributed by atoms with Crippen molar-refractivity contribution in [2.24, 2.45) is 0 Å². The summed E-state index contributed by atoms with van der Waals surface area (Å²) >= 11 is 0. The molecule has 4 rings (SSSR count). The van der Waals surface area contributed by atoms with Crippen molar-refractivity contribution < 1.29 is 4.21 Å². The van der Waals surface area contributed by atoms with Gasteiger partial charge in [-0.1, -0.05) is 115 Å². The van der Waals surface area contributed by atoms with E-state index in [1.54, 1.807) is 0 Å². The summed E-state index contributed by atoms with van der Waals surface area (Å²) in [5, 5.41) is 3.91. The first-order valence-electron chi connectivity index (χ1n) is 11.6. The molecule has 0 saturated carbocycles. The third-order valence-electron chi connectivity index (χ3n) is 5.77. The summed E-state index contributed by atoms with van der Waals surface area (Å²) in [5.41, 5.74) is 2.35. The molecule has 4 aromatic rings. The normalized spacial score (nSPS) is 13.7. The first-order valence-corrected chi connectivity index (χ1v) is 14.0. The molecule has 0 aromatic heterocycles. The lowest BCUT2D eigenvalue weighted by atomic mass is 9.99. The average Bonchev–Trinajstić information content (AvgIpc) is 2.86. The summed E-state index contributed by atoms with van der Waals surface area (Å²) in [5.74, 6) is 0. The molecule has 0 bridgehead atoms. The SMILES string of the molecule is CN(C(c1ccccc1)c1ccccc1P(c1ccccc1)c1ccccc1)[S@](=O)C(C)(C)C. The molecule has 0 saturated heterocycles. The first kappa shape index (κ1) is 24.5. The van der Waals surface area contributed by atoms with E-state index in [2.05, 4.69) is 109 Å². The molecule has 0 fully saturated rings. The molecule has 2 atom stereocenters. The van der Waals surface area contributed by atoms with Crippen LogP contribution in [0.4, 0.5) is 0 Å². The summed E-state index contributed by atoms with van der Waals surface area (Å²) in [6, 6.07) is 40.5. The van der Waals surface area contributed by atoms with Gasteiger partial charge in [0.2, 0.25) is 0 Å². The van der Waals surface area contributed by atoms with Crippen LogP contribution >= 0.6 is 7.92 Å². The Morgan fingerprint density at radius 1 is 0.676 bits per heavy atom. The van der Waals surface area contributed by atoms with E-state index in [4.69, 9.17) is 0 Å². The van der Waals surface area contributed by atoms with Gasteiger partial charge in [0.05, 0.1) is 10.8 Å². The summed E-state index contributed by atoms with van der Waals surface area (Å²) in [6.45, 7) is 6.11. The van der Waals surface area contributed by atoms with Crippen LogP contribution in [0, 0.1) is 0 Å². The average molecular weight is 486 g/mol. The van der Waals surface area contributed by atoms with Crippen molar-refractivity contribution in [1.29, 1.82) is 0 Å². The third-order valence-corrected chi connectivity index (χ3v) is 10.1. The minimum absolute atomic E-state index is 0.130. The van der Waals surface area contributed by atoms with E-state index in [1.807, 2.05) is 38.2 Å².